The van der Waals surface area contributed by atoms with Gasteiger partial charge in [-0.15, -0.1) is 0 Å². The smallest absolute Gasteiger partial charge is 0.335 e. The van der Waals surface area contributed by atoms with Gasteiger partial charge in [-0.3, -0.25) is 0 Å². The Labute approximate surface area is 139 Å². The molecule has 3 rings (SSSR count). The Morgan fingerprint density at radius 2 is 2.12 bits per heavy atom. The lowest BCUT2D eigenvalue weighted by molar-refractivity contribution is 0.0697. The highest BCUT2D eigenvalue weighted by Gasteiger charge is 2.24. The third-order valence-corrected chi connectivity index (χ3v) is 3.84. The predicted molar refractivity (Wildman–Crippen MR) is 89.8 cm³/mol. The number of rotatable bonds is 3. The molecule has 0 fully saturated rings. The lowest BCUT2D eigenvalue weighted by Crippen LogP contribution is -2.16. The van der Waals surface area contributed by atoms with Gasteiger partial charge >= 0.3 is 5.97 Å². The number of carbonyl (C=O) groups is 1. The number of carboxylic acids is 1. The minimum absolute atomic E-state index is 0.164. The van der Waals surface area contributed by atoms with Crippen LogP contribution in [0.15, 0.2) is 42.5 Å². The third kappa shape index (κ3) is 2.59. The van der Waals surface area contributed by atoms with Gasteiger partial charge in [0.05, 0.1) is 19.2 Å². The van der Waals surface area contributed by atoms with Gasteiger partial charge < -0.3 is 14.6 Å². The molecule has 1 heterocycles. The van der Waals surface area contributed by atoms with Gasteiger partial charge in [-0.1, -0.05) is 12.1 Å². The van der Waals surface area contributed by atoms with Crippen LogP contribution in [0.2, 0.25) is 0 Å². The fourth-order valence-corrected chi connectivity index (χ4v) is 2.81. The number of aromatic carboxylic acids is 1. The number of benzene rings is 2. The zero-order chi connectivity index (χ0) is 17.3. The zero-order valence-electron chi connectivity index (χ0n) is 13.2. The highest BCUT2D eigenvalue weighted by atomic mass is 16.5. The number of nitrogens with zero attached hydrogens (tertiary/aromatic N) is 1. The summed E-state index contributed by atoms with van der Waals surface area (Å²) >= 11 is 0. The molecule has 24 heavy (non-hydrogen) atoms. The van der Waals surface area contributed by atoms with Crippen LogP contribution in [0, 0.1) is 6.57 Å². The molecular weight excluding hydrogens is 306 g/mol. The van der Waals surface area contributed by atoms with E-state index in [-0.39, 0.29) is 11.7 Å². The molecule has 1 aliphatic heterocycles. The molecule has 120 valence electrons. The van der Waals surface area contributed by atoms with Gasteiger partial charge in [-0.05, 0) is 42.8 Å². The molecule has 0 radical (unpaired) electrons. The van der Waals surface area contributed by atoms with E-state index in [1.54, 1.807) is 37.4 Å². The van der Waals surface area contributed by atoms with Crippen molar-refractivity contribution in [1.82, 2.24) is 0 Å². The van der Waals surface area contributed by atoms with Gasteiger partial charge in [0.2, 0.25) is 0 Å². The van der Waals surface area contributed by atoms with E-state index in [4.69, 9.17) is 16.0 Å². The van der Waals surface area contributed by atoms with E-state index in [1.807, 2.05) is 13.0 Å². The zero-order valence-corrected chi connectivity index (χ0v) is 13.2. The van der Waals surface area contributed by atoms with Crippen LogP contribution in [-0.4, -0.2) is 24.3 Å². The van der Waals surface area contributed by atoms with Crippen molar-refractivity contribution in [3.63, 3.8) is 0 Å². The monoisotopic (exact) mass is 321 g/mol. The normalized spacial score (nSPS) is 15.5. The molecule has 5 nitrogen and oxygen atoms in total. The van der Waals surface area contributed by atoms with Gasteiger partial charge in [0, 0.05) is 11.1 Å². The highest BCUT2D eigenvalue weighted by Crippen LogP contribution is 2.43. The Hall–Kier alpha value is -3.26. The Balaban J connectivity index is 2.29. The van der Waals surface area contributed by atoms with Crippen molar-refractivity contribution in [2.45, 2.75) is 13.0 Å². The first kappa shape index (κ1) is 15.6. The van der Waals surface area contributed by atoms with Crippen LogP contribution in [0.1, 0.15) is 28.4 Å². The second-order valence-electron chi connectivity index (χ2n) is 5.39. The quantitative estimate of drug-likeness (QED) is 0.863. The third-order valence-electron chi connectivity index (χ3n) is 3.84. The molecule has 0 aliphatic carbocycles. The number of ether oxygens (including phenoxy) is 2. The predicted octanol–water partition coefficient (Wildman–Crippen LogP) is 4.16. The van der Waals surface area contributed by atoms with E-state index < -0.39 is 5.97 Å². The van der Waals surface area contributed by atoms with Crippen molar-refractivity contribution in [3.8, 4) is 11.5 Å². The SMILES string of the molecule is [C-]#[N+]c1cccc(OC)c1C1=CC(C)Oc2ccc(C(=O)O)cc21. The Morgan fingerprint density at radius 3 is 2.79 bits per heavy atom. The summed E-state index contributed by atoms with van der Waals surface area (Å²) in [6.07, 6.45) is 1.67. The summed E-state index contributed by atoms with van der Waals surface area (Å²) in [4.78, 5) is 14.9. The van der Waals surface area contributed by atoms with Crippen LogP contribution < -0.4 is 9.47 Å². The van der Waals surface area contributed by atoms with E-state index >= 15 is 0 Å². The molecule has 2 aromatic carbocycles. The average Bonchev–Trinajstić information content (AvgIpc) is 2.59. The summed E-state index contributed by atoms with van der Waals surface area (Å²) < 4.78 is 11.2. The number of fused-ring (bicyclic) bond motifs is 1. The van der Waals surface area contributed by atoms with E-state index in [0.29, 0.717) is 28.3 Å². The lowest BCUT2D eigenvalue weighted by Gasteiger charge is -2.25. The maximum absolute atomic E-state index is 11.3. The van der Waals surface area contributed by atoms with Crippen molar-refractivity contribution in [3.05, 3.63) is 70.6 Å². The van der Waals surface area contributed by atoms with E-state index in [9.17, 15) is 9.90 Å². The van der Waals surface area contributed by atoms with Gasteiger partial charge in [-0.25, -0.2) is 9.64 Å². The van der Waals surface area contributed by atoms with Crippen LogP contribution in [0.3, 0.4) is 0 Å². The van der Waals surface area contributed by atoms with Gasteiger partial charge in [0.1, 0.15) is 17.6 Å². The summed E-state index contributed by atoms with van der Waals surface area (Å²) in [6, 6.07) is 9.98. The topological polar surface area (TPSA) is 60.1 Å². The van der Waals surface area contributed by atoms with E-state index in [0.717, 1.165) is 5.57 Å². The summed E-state index contributed by atoms with van der Waals surface area (Å²) in [7, 11) is 1.55. The first-order valence-electron chi connectivity index (χ1n) is 7.36. The summed E-state index contributed by atoms with van der Waals surface area (Å²) in [5, 5.41) is 9.26. The second-order valence-corrected chi connectivity index (χ2v) is 5.39. The fourth-order valence-electron chi connectivity index (χ4n) is 2.81. The van der Waals surface area contributed by atoms with Crippen molar-refractivity contribution in [2.75, 3.05) is 7.11 Å². The maximum Gasteiger partial charge on any atom is 0.335 e. The van der Waals surface area contributed by atoms with Gasteiger partial charge in [0.15, 0.2) is 5.69 Å². The molecule has 0 spiro atoms. The Kier molecular flexibility index (Phi) is 3.97. The van der Waals surface area contributed by atoms with Gasteiger partial charge in [-0.2, -0.15) is 0 Å². The second kappa shape index (κ2) is 6.09. The Bertz CT molecular complexity index is 893. The van der Waals surface area contributed by atoms with Crippen molar-refractivity contribution < 1.29 is 19.4 Å². The van der Waals surface area contributed by atoms with Crippen LogP contribution in [0.4, 0.5) is 5.69 Å². The van der Waals surface area contributed by atoms with Crippen LogP contribution in [-0.2, 0) is 0 Å². The molecular formula is C19H15NO4. The fraction of sp³-hybridized carbons (Fsp3) is 0.158. The van der Waals surface area contributed by atoms with Crippen molar-refractivity contribution >= 4 is 17.2 Å². The molecule has 1 N–H and O–H groups in total. The molecule has 0 aromatic heterocycles. The first-order chi connectivity index (χ1) is 11.5. The number of methoxy groups -OCH3 is 1. The maximum atomic E-state index is 11.3. The van der Waals surface area contributed by atoms with E-state index in [1.165, 1.54) is 6.07 Å². The molecule has 1 atom stereocenters. The molecule has 1 aliphatic rings. The van der Waals surface area contributed by atoms with Crippen LogP contribution in [0.25, 0.3) is 10.4 Å². The molecule has 0 saturated heterocycles. The average molecular weight is 321 g/mol. The summed E-state index contributed by atoms with van der Waals surface area (Å²) in [6.45, 7) is 9.33. The summed E-state index contributed by atoms with van der Waals surface area (Å²) in [5.41, 5.74) is 2.64. The number of hydrogen-bond acceptors (Lipinski definition) is 3. The molecule has 0 saturated carbocycles. The molecule has 0 amide bonds. The molecule has 0 bridgehead atoms. The highest BCUT2D eigenvalue weighted by molar-refractivity contribution is 5.95. The number of carboxylic acid groups (broad SMARTS) is 1. The first-order valence-corrected chi connectivity index (χ1v) is 7.36. The minimum Gasteiger partial charge on any atom is -0.497 e. The van der Waals surface area contributed by atoms with Crippen LogP contribution >= 0.6 is 0 Å². The summed E-state index contributed by atoms with van der Waals surface area (Å²) in [5.74, 6) is 0.142. The Morgan fingerprint density at radius 1 is 1.33 bits per heavy atom. The standard InChI is InChI=1S/C19H15NO4/c1-11-9-14(18-15(20-2)5-4-6-17(18)23-3)13-10-12(19(21)22)7-8-16(13)24-11/h4-11H,1,3H3,(H,21,22). The number of hydrogen-bond donors (Lipinski definition) is 1. The van der Waals surface area contributed by atoms with E-state index in [2.05, 4.69) is 4.85 Å². The van der Waals surface area contributed by atoms with Gasteiger partial charge in [0.25, 0.3) is 0 Å². The molecule has 1 unspecified atom stereocenters. The molecule has 2 aromatic rings. The largest absolute Gasteiger partial charge is 0.497 e. The molecule has 5 heteroatoms. The van der Waals surface area contributed by atoms with Crippen LogP contribution in [0.5, 0.6) is 11.5 Å². The van der Waals surface area contributed by atoms with Crippen molar-refractivity contribution in [1.29, 1.82) is 0 Å². The van der Waals surface area contributed by atoms with Crippen molar-refractivity contribution in [2.24, 2.45) is 0 Å². The lowest BCUT2D eigenvalue weighted by atomic mass is 9.91. The minimum atomic E-state index is -1.01.